The lowest BCUT2D eigenvalue weighted by atomic mass is 9.64. The Morgan fingerprint density at radius 1 is 1.50 bits per heavy atom. The molecule has 3 N–H and O–H groups in total. The maximum atomic E-state index is 12.0. The van der Waals surface area contributed by atoms with Gasteiger partial charge in [-0.2, -0.15) is 0 Å². The van der Waals surface area contributed by atoms with Gasteiger partial charge in [-0.1, -0.05) is 34.5 Å². The molecular weight excluding hydrogens is 368 g/mol. The Labute approximate surface area is 146 Å². The van der Waals surface area contributed by atoms with E-state index in [-0.39, 0.29) is 29.8 Å². The lowest BCUT2D eigenvalue weighted by molar-refractivity contribution is -0.123. The van der Waals surface area contributed by atoms with Crippen molar-refractivity contribution in [3.63, 3.8) is 0 Å². The molecule has 4 nitrogen and oxygen atoms in total. The van der Waals surface area contributed by atoms with Crippen molar-refractivity contribution in [3.8, 4) is 0 Å². The molecule has 0 radical (unpaired) electrons. The topological polar surface area (TPSA) is 64.3 Å². The second-order valence-corrected chi connectivity index (χ2v) is 6.63. The first kappa shape index (κ1) is 19.4. The Bertz CT molecular complexity index is 491. The molecule has 124 valence electrons. The summed E-state index contributed by atoms with van der Waals surface area (Å²) in [5.74, 6) is 0.00794. The number of rotatable bonds is 7. The largest absolute Gasteiger partial charge is 0.380 e. The summed E-state index contributed by atoms with van der Waals surface area (Å²) in [4.78, 5) is 12.0. The van der Waals surface area contributed by atoms with Gasteiger partial charge < -0.3 is 15.8 Å². The number of nitrogens with one attached hydrogen (secondary N) is 1. The summed E-state index contributed by atoms with van der Waals surface area (Å²) in [6.07, 6.45) is 3.57. The molecule has 2 rings (SSSR count). The summed E-state index contributed by atoms with van der Waals surface area (Å²) in [7, 11) is 1.58. The van der Waals surface area contributed by atoms with E-state index in [2.05, 4.69) is 39.4 Å². The number of hydrogen-bond acceptors (Lipinski definition) is 3. The SMILES string of the molecule is COC(CN)CC(=O)NCC1(c2cccc(Br)c2)CCC1.Cl. The highest BCUT2D eigenvalue weighted by Gasteiger charge is 2.38. The fraction of sp³-hybridized carbons (Fsp3) is 0.562. The Kier molecular flexibility index (Phi) is 7.83. The molecule has 1 aromatic carbocycles. The molecule has 0 heterocycles. The number of hydrogen-bond donors (Lipinski definition) is 2. The van der Waals surface area contributed by atoms with Crippen molar-refractivity contribution in [2.45, 2.75) is 37.2 Å². The number of amides is 1. The minimum Gasteiger partial charge on any atom is -0.380 e. The molecule has 1 unspecified atom stereocenters. The van der Waals surface area contributed by atoms with Crippen LogP contribution in [0.1, 0.15) is 31.2 Å². The first-order valence-electron chi connectivity index (χ1n) is 7.35. The molecule has 0 spiro atoms. The molecule has 1 fully saturated rings. The zero-order valence-corrected chi connectivity index (χ0v) is 15.2. The molecule has 0 bridgehead atoms. The van der Waals surface area contributed by atoms with Crippen LogP contribution in [0.2, 0.25) is 0 Å². The lowest BCUT2D eigenvalue weighted by Crippen LogP contribution is -2.46. The van der Waals surface area contributed by atoms with E-state index in [0.717, 1.165) is 17.3 Å². The van der Waals surface area contributed by atoms with Gasteiger partial charge in [0, 0.05) is 30.1 Å². The first-order valence-corrected chi connectivity index (χ1v) is 8.14. The van der Waals surface area contributed by atoms with E-state index >= 15 is 0 Å². The van der Waals surface area contributed by atoms with E-state index in [0.29, 0.717) is 19.5 Å². The van der Waals surface area contributed by atoms with Gasteiger partial charge in [-0.25, -0.2) is 0 Å². The van der Waals surface area contributed by atoms with Gasteiger partial charge in [-0.05, 0) is 30.5 Å². The van der Waals surface area contributed by atoms with Crippen LogP contribution in [0.4, 0.5) is 0 Å². The molecule has 0 saturated heterocycles. The maximum Gasteiger partial charge on any atom is 0.222 e. The van der Waals surface area contributed by atoms with Crippen LogP contribution in [0.25, 0.3) is 0 Å². The predicted molar refractivity (Wildman–Crippen MR) is 94.4 cm³/mol. The maximum absolute atomic E-state index is 12.0. The summed E-state index contributed by atoms with van der Waals surface area (Å²) in [6.45, 7) is 1.05. The van der Waals surface area contributed by atoms with Crippen molar-refractivity contribution in [1.29, 1.82) is 0 Å². The molecule has 1 aliphatic carbocycles. The van der Waals surface area contributed by atoms with Gasteiger partial charge in [0.25, 0.3) is 0 Å². The van der Waals surface area contributed by atoms with Gasteiger partial charge in [0.05, 0.1) is 12.5 Å². The van der Waals surface area contributed by atoms with E-state index in [1.54, 1.807) is 7.11 Å². The third-order valence-electron chi connectivity index (χ3n) is 4.38. The van der Waals surface area contributed by atoms with Gasteiger partial charge in [-0.15, -0.1) is 12.4 Å². The third kappa shape index (κ3) is 4.69. The number of nitrogens with two attached hydrogens (primary N) is 1. The van der Waals surface area contributed by atoms with E-state index in [1.807, 2.05) is 6.07 Å². The Morgan fingerprint density at radius 3 is 2.73 bits per heavy atom. The molecule has 0 aromatic heterocycles. The summed E-state index contributed by atoms with van der Waals surface area (Å²) in [6, 6.07) is 8.38. The highest BCUT2D eigenvalue weighted by atomic mass is 79.9. The van der Waals surface area contributed by atoms with Crippen molar-refractivity contribution in [1.82, 2.24) is 5.32 Å². The Morgan fingerprint density at radius 2 is 2.23 bits per heavy atom. The van der Waals surface area contributed by atoms with Crippen molar-refractivity contribution >= 4 is 34.2 Å². The summed E-state index contributed by atoms with van der Waals surface area (Å²) in [5, 5.41) is 3.05. The zero-order chi connectivity index (χ0) is 15.3. The van der Waals surface area contributed by atoms with Crippen molar-refractivity contribution in [2.24, 2.45) is 5.73 Å². The first-order chi connectivity index (χ1) is 10.1. The molecule has 1 saturated carbocycles. The van der Waals surface area contributed by atoms with Gasteiger partial charge in [0.2, 0.25) is 5.91 Å². The number of carbonyl (C=O) groups excluding carboxylic acids is 1. The number of benzene rings is 1. The molecule has 22 heavy (non-hydrogen) atoms. The van der Waals surface area contributed by atoms with Crippen molar-refractivity contribution in [2.75, 3.05) is 20.2 Å². The van der Waals surface area contributed by atoms with Crippen LogP contribution in [0.15, 0.2) is 28.7 Å². The molecule has 1 aliphatic rings. The van der Waals surface area contributed by atoms with Crippen molar-refractivity contribution in [3.05, 3.63) is 34.3 Å². The average molecular weight is 392 g/mol. The van der Waals surface area contributed by atoms with E-state index in [9.17, 15) is 4.79 Å². The lowest BCUT2D eigenvalue weighted by Gasteiger charge is -2.42. The van der Waals surface area contributed by atoms with Gasteiger partial charge in [-0.3, -0.25) is 4.79 Å². The van der Waals surface area contributed by atoms with Crippen LogP contribution in [0.5, 0.6) is 0 Å². The molecular formula is C16H24BrClN2O2. The normalized spacial score (nSPS) is 17.0. The smallest absolute Gasteiger partial charge is 0.222 e. The average Bonchev–Trinajstić information content (AvgIpc) is 2.43. The van der Waals surface area contributed by atoms with Crippen LogP contribution in [0.3, 0.4) is 0 Å². The molecule has 1 atom stereocenters. The fourth-order valence-corrected chi connectivity index (χ4v) is 3.20. The third-order valence-corrected chi connectivity index (χ3v) is 4.87. The quantitative estimate of drug-likeness (QED) is 0.751. The molecule has 1 aromatic rings. The second kappa shape index (κ2) is 8.87. The van der Waals surface area contributed by atoms with Crippen LogP contribution >= 0.6 is 28.3 Å². The van der Waals surface area contributed by atoms with Crippen LogP contribution in [-0.2, 0) is 14.9 Å². The second-order valence-electron chi connectivity index (χ2n) is 5.72. The number of methoxy groups -OCH3 is 1. The van der Waals surface area contributed by atoms with Gasteiger partial charge in [0.1, 0.15) is 0 Å². The Balaban J connectivity index is 0.00000242. The molecule has 0 aliphatic heterocycles. The van der Waals surface area contributed by atoms with E-state index < -0.39 is 0 Å². The molecule has 6 heteroatoms. The van der Waals surface area contributed by atoms with Crippen LogP contribution in [0, 0.1) is 0 Å². The van der Waals surface area contributed by atoms with Crippen molar-refractivity contribution < 1.29 is 9.53 Å². The summed E-state index contributed by atoms with van der Waals surface area (Å²) in [5.41, 5.74) is 6.93. The predicted octanol–water partition coefficient (Wildman–Crippen LogP) is 2.77. The van der Waals surface area contributed by atoms with Gasteiger partial charge >= 0.3 is 0 Å². The van der Waals surface area contributed by atoms with E-state index in [1.165, 1.54) is 12.0 Å². The number of ether oxygens (including phenoxy) is 1. The Hall–Kier alpha value is -0.620. The highest BCUT2D eigenvalue weighted by Crippen LogP contribution is 2.43. The monoisotopic (exact) mass is 390 g/mol. The minimum absolute atomic E-state index is 0. The van der Waals surface area contributed by atoms with Crippen LogP contribution < -0.4 is 11.1 Å². The summed E-state index contributed by atoms with van der Waals surface area (Å²) < 4.78 is 6.23. The standard InChI is InChI=1S/C16H23BrN2O2.ClH/c1-21-14(10-18)9-15(20)19-11-16(6-3-7-16)12-4-2-5-13(17)8-12;/h2,4-5,8,14H,3,6-7,9-11,18H2,1H3,(H,19,20);1H. The zero-order valence-electron chi connectivity index (χ0n) is 12.8. The fourth-order valence-electron chi connectivity index (χ4n) is 2.80. The summed E-state index contributed by atoms with van der Waals surface area (Å²) >= 11 is 3.52. The number of halogens is 2. The van der Waals surface area contributed by atoms with Crippen LogP contribution in [-0.4, -0.2) is 32.2 Å². The highest BCUT2D eigenvalue weighted by molar-refractivity contribution is 9.10. The van der Waals surface area contributed by atoms with Gasteiger partial charge in [0.15, 0.2) is 0 Å². The number of carbonyl (C=O) groups is 1. The minimum atomic E-state index is -0.201. The molecule has 1 amide bonds. The van der Waals surface area contributed by atoms with E-state index in [4.69, 9.17) is 10.5 Å².